The van der Waals surface area contributed by atoms with Crippen LogP contribution in [-0.2, 0) is 0 Å². The molecular formula is C29H29FN4O. The van der Waals surface area contributed by atoms with E-state index in [1.54, 1.807) is 18.5 Å². The van der Waals surface area contributed by atoms with Crippen LogP contribution in [0.25, 0.3) is 22.0 Å². The van der Waals surface area contributed by atoms with Crippen molar-refractivity contribution in [1.82, 2.24) is 9.97 Å². The number of anilines is 3. The maximum absolute atomic E-state index is 15.2. The molecule has 1 saturated carbocycles. The maximum Gasteiger partial charge on any atom is 0.166 e. The van der Waals surface area contributed by atoms with Gasteiger partial charge in [0, 0.05) is 53.6 Å². The minimum Gasteiger partial charge on any atom is -0.370 e. The molecule has 0 amide bonds. The van der Waals surface area contributed by atoms with Crippen LogP contribution in [0.5, 0.6) is 0 Å². The summed E-state index contributed by atoms with van der Waals surface area (Å²) in [7, 11) is 0. The number of rotatable bonds is 10. The largest absolute Gasteiger partial charge is 0.370 e. The van der Waals surface area contributed by atoms with Gasteiger partial charge < -0.3 is 10.6 Å². The summed E-state index contributed by atoms with van der Waals surface area (Å²) in [5.74, 6) is 0.920. The van der Waals surface area contributed by atoms with Gasteiger partial charge in [0.05, 0.1) is 16.8 Å². The zero-order valence-corrected chi connectivity index (χ0v) is 19.9. The molecule has 1 aliphatic carbocycles. The van der Waals surface area contributed by atoms with E-state index in [1.165, 1.54) is 6.07 Å². The van der Waals surface area contributed by atoms with Crippen LogP contribution in [0.3, 0.4) is 0 Å². The van der Waals surface area contributed by atoms with Crippen molar-refractivity contribution in [2.45, 2.75) is 39.0 Å². The van der Waals surface area contributed by atoms with E-state index in [0.717, 1.165) is 43.7 Å². The molecule has 5 rings (SSSR count). The molecule has 0 unspecified atom stereocenters. The number of carbonyl (C=O) groups is 1. The molecule has 0 atom stereocenters. The fourth-order valence-corrected chi connectivity index (χ4v) is 4.19. The number of aromatic nitrogens is 2. The number of unbranched alkanes of at least 4 members (excludes halogenated alkanes) is 1. The molecule has 1 fully saturated rings. The molecule has 4 aromatic rings. The number of pyridine rings is 2. The molecule has 6 heteroatoms. The Morgan fingerprint density at radius 1 is 1.06 bits per heavy atom. The molecule has 2 heterocycles. The quantitative estimate of drug-likeness (QED) is 0.188. The average Bonchev–Trinajstić information content (AvgIpc) is 3.69. The summed E-state index contributed by atoms with van der Waals surface area (Å²) in [4.78, 5) is 22.1. The zero-order chi connectivity index (χ0) is 24.2. The first-order valence-electron chi connectivity index (χ1n) is 12.3. The van der Waals surface area contributed by atoms with Gasteiger partial charge in [-0.2, -0.15) is 0 Å². The Hall–Kier alpha value is -3.80. The number of carbonyl (C=O) groups excluding carboxylic acids is 1. The highest BCUT2D eigenvalue weighted by atomic mass is 19.1. The van der Waals surface area contributed by atoms with E-state index in [1.807, 2.05) is 42.5 Å². The van der Waals surface area contributed by atoms with Gasteiger partial charge >= 0.3 is 0 Å². The molecular weight excluding hydrogens is 439 g/mol. The molecule has 178 valence electrons. The van der Waals surface area contributed by atoms with E-state index in [9.17, 15) is 4.79 Å². The predicted molar refractivity (Wildman–Crippen MR) is 140 cm³/mol. The van der Waals surface area contributed by atoms with Crippen LogP contribution in [-0.4, -0.2) is 22.3 Å². The van der Waals surface area contributed by atoms with Crippen LogP contribution < -0.4 is 10.6 Å². The van der Waals surface area contributed by atoms with Gasteiger partial charge in [-0.25, -0.2) is 9.37 Å². The van der Waals surface area contributed by atoms with Crippen molar-refractivity contribution in [3.63, 3.8) is 0 Å². The number of ketones is 1. The van der Waals surface area contributed by atoms with Crippen molar-refractivity contribution >= 4 is 33.9 Å². The van der Waals surface area contributed by atoms with Crippen LogP contribution in [0, 0.1) is 11.7 Å². The van der Waals surface area contributed by atoms with E-state index >= 15 is 4.39 Å². The molecule has 0 saturated heterocycles. The standard InChI is InChI=1S/C29H29FN4O/c1-2-3-13-31-28-12-11-20(17-33-28)22-15-23-26(16-25(22)30)32-18-24(27(35)14-19-9-10-19)29(23)34-21-7-5-4-6-8-21/h4-8,11-12,15-19H,2-3,9-10,13-14H2,1H3,(H,31,33)(H,32,34). The number of fused-ring (bicyclic) bond motifs is 1. The van der Waals surface area contributed by atoms with Gasteiger partial charge in [-0.3, -0.25) is 9.78 Å². The zero-order valence-electron chi connectivity index (χ0n) is 19.9. The number of nitrogens with zero attached hydrogens (tertiary/aromatic N) is 2. The van der Waals surface area contributed by atoms with E-state index in [4.69, 9.17) is 0 Å². The van der Waals surface area contributed by atoms with Crippen LogP contribution in [0.2, 0.25) is 0 Å². The van der Waals surface area contributed by atoms with E-state index in [2.05, 4.69) is 27.5 Å². The number of hydrogen-bond acceptors (Lipinski definition) is 5. The van der Waals surface area contributed by atoms with Gasteiger partial charge in [0.25, 0.3) is 0 Å². The minimum atomic E-state index is -0.374. The predicted octanol–water partition coefficient (Wildman–Crippen LogP) is 7.37. The van der Waals surface area contributed by atoms with Crippen LogP contribution in [0.4, 0.5) is 21.6 Å². The third-order valence-corrected chi connectivity index (χ3v) is 6.38. The van der Waals surface area contributed by atoms with Gasteiger partial charge in [-0.1, -0.05) is 31.5 Å². The van der Waals surface area contributed by atoms with Gasteiger partial charge in [0.1, 0.15) is 11.6 Å². The first kappa shape index (κ1) is 23.0. The van der Waals surface area contributed by atoms with Crippen molar-refractivity contribution in [3.05, 3.63) is 78.4 Å². The Kier molecular flexibility index (Phi) is 6.70. The van der Waals surface area contributed by atoms with E-state index in [0.29, 0.717) is 45.6 Å². The highest BCUT2D eigenvalue weighted by Crippen LogP contribution is 2.38. The van der Waals surface area contributed by atoms with E-state index in [-0.39, 0.29) is 11.6 Å². The van der Waals surface area contributed by atoms with Crippen molar-refractivity contribution in [1.29, 1.82) is 0 Å². The molecule has 2 aromatic heterocycles. The number of halogens is 1. The Labute approximate surface area is 204 Å². The summed E-state index contributed by atoms with van der Waals surface area (Å²) in [6, 6.07) is 16.6. The number of Topliss-reactive ketones (excluding diaryl/α,β-unsaturated/α-hetero) is 1. The molecule has 2 aromatic carbocycles. The molecule has 2 N–H and O–H groups in total. The normalized spacial score (nSPS) is 13.1. The molecule has 0 bridgehead atoms. The second kappa shape index (κ2) is 10.2. The summed E-state index contributed by atoms with van der Waals surface area (Å²) < 4.78 is 15.2. The molecule has 0 spiro atoms. The second-order valence-corrected chi connectivity index (χ2v) is 9.17. The van der Waals surface area contributed by atoms with Crippen molar-refractivity contribution in [2.75, 3.05) is 17.2 Å². The minimum absolute atomic E-state index is 0.0652. The topological polar surface area (TPSA) is 66.9 Å². The molecule has 35 heavy (non-hydrogen) atoms. The lowest BCUT2D eigenvalue weighted by atomic mass is 9.98. The lowest BCUT2D eigenvalue weighted by Gasteiger charge is -2.16. The Balaban J connectivity index is 1.56. The number of nitrogens with one attached hydrogen (secondary N) is 2. The monoisotopic (exact) mass is 468 g/mol. The summed E-state index contributed by atoms with van der Waals surface area (Å²) in [5.41, 5.74) is 3.66. The number of hydrogen-bond donors (Lipinski definition) is 2. The molecule has 0 aliphatic heterocycles. The van der Waals surface area contributed by atoms with Crippen LogP contribution >= 0.6 is 0 Å². The Bertz CT molecular complexity index is 1330. The van der Waals surface area contributed by atoms with Crippen molar-refractivity contribution in [2.24, 2.45) is 5.92 Å². The van der Waals surface area contributed by atoms with Crippen LogP contribution in [0.15, 0.2) is 67.0 Å². The first-order chi connectivity index (χ1) is 17.1. The maximum atomic E-state index is 15.2. The smallest absolute Gasteiger partial charge is 0.166 e. The molecule has 5 nitrogen and oxygen atoms in total. The Morgan fingerprint density at radius 2 is 1.89 bits per heavy atom. The highest BCUT2D eigenvalue weighted by Gasteiger charge is 2.27. The van der Waals surface area contributed by atoms with E-state index < -0.39 is 0 Å². The van der Waals surface area contributed by atoms with Gasteiger partial charge in [-0.15, -0.1) is 0 Å². The van der Waals surface area contributed by atoms with Crippen molar-refractivity contribution < 1.29 is 9.18 Å². The summed E-state index contributed by atoms with van der Waals surface area (Å²) >= 11 is 0. The van der Waals surface area contributed by atoms with Gasteiger partial charge in [0.2, 0.25) is 0 Å². The first-order valence-corrected chi connectivity index (χ1v) is 12.3. The summed E-state index contributed by atoms with van der Waals surface area (Å²) in [6.07, 6.45) is 8.13. The Morgan fingerprint density at radius 3 is 2.60 bits per heavy atom. The van der Waals surface area contributed by atoms with Gasteiger partial charge in [-0.05, 0) is 55.5 Å². The number of benzene rings is 2. The lowest BCUT2D eigenvalue weighted by Crippen LogP contribution is -2.07. The average molecular weight is 469 g/mol. The van der Waals surface area contributed by atoms with Crippen molar-refractivity contribution in [3.8, 4) is 11.1 Å². The fraction of sp³-hybridized carbons (Fsp3) is 0.276. The second-order valence-electron chi connectivity index (χ2n) is 9.17. The summed E-state index contributed by atoms with van der Waals surface area (Å²) in [5, 5.41) is 7.41. The lowest BCUT2D eigenvalue weighted by molar-refractivity contribution is 0.0976. The molecule has 0 radical (unpaired) electrons. The number of para-hydroxylation sites is 1. The SMILES string of the molecule is CCCCNc1ccc(-c2cc3c(Nc4ccccc4)c(C(=O)CC4CC4)cnc3cc2F)cn1. The van der Waals surface area contributed by atoms with Gasteiger partial charge in [0.15, 0.2) is 5.78 Å². The third kappa shape index (κ3) is 5.32. The third-order valence-electron chi connectivity index (χ3n) is 6.38. The fourth-order valence-electron chi connectivity index (χ4n) is 4.19. The summed E-state index contributed by atoms with van der Waals surface area (Å²) in [6.45, 7) is 2.99. The highest BCUT2D eigenvalue weighted by molar-refractivity contribution is 6.09. The van der Waals surface area contributed by atoms with Crippen LogP contribution in [0.1, 0.15) is 49.4 Å². The molecule has 1 aliphatic rings.